The lowest BCUT2D eigenvalue weighted by Crippen LogP contribution is -2.39. The highest BCUT2D eigenvalue weighted by Gasteiger charge is 2.39. The maximum atomic E-state index is 6.27. The third kappa shape index (κ3) is 4.03. The Morgan fingerprint density at radius 1 is 1.17 bits per heavy atom. The predicted molar refractivity (Wildman–Crippen MR) is 120 cm³/mol. The summed E-state index contributed by atoms with van der Waals surface area (Å²) < 4.78 is 0. The molecule has 6 nitrogen and oxygen atoms in total. The number of anilines is 3. The van der Waals surface area contributed by atoms with Gasteiger partial charge in [0.05, 0.1) is 10.7 Å². The fourth-order valence-corrected chi connectivity index (χ4v) is 5.54. The molecule has 8 heteroatoms. The number of rotatable bonds is 3. The molecule has 3 heterocycles. The number of aryl methyl sites for hydroxylation is 1. The molecule has 1 saturated heterocycles. The van der Waals surface area contributed by atoms with E-state index < -0.39 is 0 Å². The molecule has 2 aromatic heterocycles. The summed E-state index contributed by atoms with van der Waals surface area (Å²) in [4.78, 5) is 16.5. The lowest BCUT2D eigenvalue weighted by molar-refractivity contribution is 0.230. The van der Waals surface area contributed by atoms with Crippen LogP contribution in [0.5, 0.6) is 0 Å². The van der Waals surface area contributed by atoms with E-state index in [4.69, 9.17) is 33.0 Å². The molecule has 0 radical (unpaired) electrons. The van der Waals surface area contributed by atoms with Crippen LogP contribution in [-0.2, 0) is 0 Å². The zero-order chi connectivity index (χ0) is 20.6. The van der Waals surface area contributed by atoms with E-state index in [0.717, 1.165) is 29.5 Å². The van der Waals surface area contributed by atoms with Crippen LogP contribution in [0.1, 0.15) is 44.7 Å². The van der Waals surface area contributed by atoms with Gasteiger partial charge in [-0.05, 0) is 57.4 Å². The first-order valence-corrected chi connectivity index (χ1v) is 11.2. The molecule has 4 rings (SSSR count). The Bertz CT molecular complexity index is 952. The van der Waals surface area contributed by atoms with Crippen LogP contribution in [0.2, 0.25) is 5.02 Å². The SMILES string of the molecule is C/C=C1\CCC2(CCN(c3nc(N)c(Sc4ccnc(N)c4Cl)nc3C)CC2)C1. The van der Waals surface area contributed by atoms with Gasteiger partial charge in [0.25, 0.3) is 0 Å². The Kier molecular flexibility index (Phi) is 5.62. The highest BCUT2D eigenvalue weighted by Crippen LogP contribution is 2.49. The first-order valence-electron chi connectivity index (χ1n) is 10.0. The summed E-state index contributed by atoms with van der Waals surface area (Å²) in [5.74, 6) is 1.61. The molecule has 1 saturated carbocycles. The topological polar surface area (TPSA) is 94.0 Å². The molecule has 2 aromatic rings. The number of hydrogen-bond donors (Lipinski definition) is 2. The molecule has 0 amide bonds. The van der Waals surface area contributed by atoms with E-state index in [9.17, 15) is 0 Å². The fraction of sp³-hybridized carbons (Fsp3) is 0.476. The Morgan fingerprint density at radius 2 is 1.93 bits per heavy atom. The molecule has 2 aliphatic rings. The van der Waals surface area contributed by atoms with Crippen molar-refractivity contribution < 1.29 is 0 Å². The number of hydrogen-bond acceptors (Lipinski definition) is 7. The number of nitrogens with zero attached hydrogens (tertiary/aromatic N) is 4. The maximum absolute atomic E-state index is 6.27. The standard InChI is InChI=1S/C21H27ClN6S/c1-3-14-4-6-21(12-14)7-10-28(11-8-21)19-13(2)26-20(18(24)27-19)29-15-5-9-25-17(23)16(15)22/h3,5,9H,4,6-8,10-12H2,1-2H3,(H2,23,25)(H2,24,27)/b14-3+. The normalized spacial score (nSPS) is 20.0. The van der Waals surface area contributed by atoms with Gasteiger partial charge in [0.15, 0.2) is 11.6 Å². The number of halogens is 1. The summed E-state index contributed by atoms with van der Waals surface area (Å²) in [6, 6.07) is 1.80. The molecule has 0 aromatic carbocycles. The van der Waals surface area contributed by atoms with Crippen LogP contribution in [0, 0.1) is 12.3 Å². The molecular formula is C21H27ClN6S. The van der Waals surface area contributed by atoms with Crippen LogP contribution < -0.4 is 16.4 Å². The van der Waals surface area contributed by atoms with Crippen LogP contribution in [0.3, 0.4) is 0 Å². The molecule has 1 spiro atoms. The first-order chi connectivity index (χ1) is 13.9. The predicted octanol–water partition coefficient (Wildman–Crippen LogP) is 4.87. The van der Waals surface area contributed by atoms with Gasteiger partial charge < -0.3 is 16.4 Å². The van der Waals surface area contributed by atoms with E-state index in [-0.39, 0.29) is 0 Å². The number of pyridine rings is 1. The minimum absolute atomic E-state index is 0.298. The van der Waals surface area contributed by atoms with Crippen LogP contribution >= 0.6 is 23.4 Å². The number of nitrogen functional groups attached to an aromatic ring is 2. The van der Waals surface area contributed by atoms with Crippen LogP contribution in [0.15, 0.2) is 33.8 Å². The third-order valence-electron chi connectivity index (χ3n) is 6.24. The van der Waals surface area contributed by atoms with E-state index in [1.165, 1.54) is 43.9 Å². The summed E-state index contributed by atoms with van der Waals surface area (Å²) in [6.45, 7) is 6.17. The largest absolute Gasteiger partial charge is 0.382 e. The molecule has 29 heavy (non-hydrogen) atoms. The average Bonchev–Trinajstić information content (AvgIpc) is 3.11. The Labute approximate surface area is 181 Å². The summed E-state index contributed by atoms with van der Waals surface area (Å²) in [5.41, 5.74) is 15.1. The Hall–Kier alpha value is -1.99. The second kappa shape index (κ2) is 8.03. The van der Waals surface area contributed by atoms with Gasteiger partial charge in [-0.1, -0.05) is 35.0 Å². The second-order valence-electron chi connectivity index (χ2n) is 8.04. The summed E-state index contributed by atoms with van der Waals surface area (Å²) in [5, 5.41) is 1.06. The van der Waals surface area contributed by atoms with Crippen molar-refractivity contribution in [2.45, 2.75) is 55.9 Å². The highest BCUT2D eigenvalue weighted by molar-refractivity contribution is 7.99. The van der Waals surface area contributed by atoms with Gasteiger partial charge in [0, 0.05) is 24.2 Å². The van der Waals surface area contributed by atoms with Gasteiger partial charge >= 0.3 is 0 Å². The summed E-state index contributed by atoms with van der Waals surface area (Å²) in [6.07, 6.45) is 10.2. The molecule has 0 unspecified atom stereocenters. The van der Waals surface area contributed by atoms with Crippen molar-refractivity contribution in [3.05, 3.63) is 34.6 Å². The zero-order valence-electron chi connectivity index (χ0n) is 16.9. The van der Waals surface area contributed by atoms with E-state index >= 15 is 0 Å². The number of nitrogens with two attached hydrogens (primary N) is 2. The van der Waals surface area contributed by atoms with Crippen molar-refractivity contribution in [1.29, 1.82) is 0 Å². The molecule has 4 N–H and O–H groups in total. The lowest BCUT2D eigenvalue weighted by atomic mass is 9.77. The first kappa shape index (κ1) is 20.3. The van der Waals surface area contributed by atoms with Crippen molar-refractivity contribution >= 4 is 40.8 Å². The average molecular weight is 431 g/mol. The van der Waals surface area contributed by atoms with Gasteiger partial charge in [0.2, 0.25) is 0 Å². The molecule has 1 aliphatic heterocycles. The second-order valence-corrected chi connectivity index (χ2v) is 9.45. The fourth-order valence-electron chi connectivity index (χ4n) is 4.45. The molecule has 2 fully saturated rings. The van der Waals surface area contributed by atoms with Crippen LogP contribution in [0.25, 0.3) is 0 Å². The quantitative estimate of drug-likeness (QED) is 0.671. The molecule has 154 valence electrons. The Balaban J connectivity index is 1.50. The highest BCUT2D eigenvalue weighted by atomic mass is 35.5. The number of aromatic nitrogens is 3. The van der Waals surface area contributed by atoms with E-state index in [0.29, 0.717) is 27.1 Å². The van der Waals surface area contributed by atoms with E-state index in [1.807, 2.05) is 6.92 Å². The Morgan fingerprint density at radius 3 is 2.62 bits per heavy atom. The van der Waals surface area contributed by atoms with Crippen molar-refractivity contribution in [1.82, 2.24) is 15.0 Å². The van der Waals surface area contributed by atoms with Crippen molar-refractivity contribution in [2.75, 3.05) is 29.5 Å². The summed E-state index contributed by atoms with van der Waals surface area (Å²) >= 11 is 7.63. The zero-order valence-corrected chi connectivity index (χ0v) is 18.5. The molecular weight excluding hydrogens is 404 g/mol. The summed E-state index contributed by atoms with van der Waals surface area (Å²) in [7, 11) is 0. The molecule has 0 atom stereocenters. The van der Waals surface area contributed by atoms with Gasteiger partial charge in [-0.2, -0.15) is 0 Å². The van der Waals surface area contributed by atoms with E-state index in [2.05, 4.69) is 22.9 Å². The monoisotopic (exact) mass is 430 g/mol. The minimum atomic E-state index is 0.298. The minimum Gasteiger partial charge on any atom is -0.382 e. The van der Waals surface area contributed by atoms with E-state index in [1.54, 1.807) is 17.8 Å². The molecule has 0 bridgehead atoms. The van der Waals surface area contributed by atoms with Gasteiger partial charge in [-0.3, -0.25) is 0 Å². The smallest absolute Gasteiger partial charge is 0.158 e. The van der Waals surface area contributed by atoms with Gasteiger partial charge in [0.1, 0.15) is 10.8 Å². The maximum Gasteiger partial charge on any atom is 0.158 e. The number of piperidine rings is 1. The molecule has 1 aliphatic carbocycles. The van der Waals surface area contributed by atoms with Crippen molar-refractivity contribution in [2.24, 2.45) is 5.41 Å². The van der Waals surface area contributed by atoms with Crippen LogP contribution in [0.4, 0.5) is 17.5 Å². The van der Waals surface area contributed by atoms with Gasteiger partial charge in [-0.25, -0.2) is 15.0 Å². The van der Waals surface area contributed by atoms with Crippen molar-refractivity contribution in [3.8, 4) is 0 Å². The van der Waals surface area contributed by atoms with Crippen molar-refractivity contribution in [3.63, 3.8) is 0 Å². The van der Waals surface area contributed by atoms with Crippen LogP contribution in [-0.4, -0.2) is 28.0 Å². The van der Waals surface area contributed by atoms with Gasteiger partial charge in [-0.15, -0.1) is 0 Å². The third-order valence-corrected chi connectivity index (χ3v) is 7.80. The lowest BCUT2D eigenvalue weighted by Gasteiger charge is -2.40. The number of allylic oxidation sites excluding steroid dienone is 2.